The van der Waals surface area contributed by atoms with E-state index in [0.717, 1.165) is 5.56 Å². The first-order chi connectivity index (χ1) is 9.04. The van der Waals surface area contributed by atoms with Crippen molar-refractivity contribution in [2.45, 2.75) is 13.1 Å². The maximum atomic E-state index is 13.5. The van der Waals surface area contributed by atoms with E-state index in [1.165, 1.54) is 6.07 Å². The van der Waals surface area contributed by atoms with Crippen LogP contribution in [0.1, 0.15) is 11.1 Å². The maximum Gasteiger partial charge on any atom is 0.127 e. The normalized spacial score (nSPS) is 10.9. The summed E-state index contributed by atoms with van der Waals surface area (Å²) in [6, 6.07) is 12.3. The number of nitrogens with two attached hydrogens (primary N) is 1. The summed E-state index contributed by atoms with van der Waals surface area (Å²) in [6.07, 6.45) is 0. The van der Waals surface area contributed by atoms with Crippen LogP contribution >= 0.6 is 11.6 Å². The minimum atomic E-state index is -0.181. The minimum Gasteiger partial charge on any atom is -0.399 e. The van der Waals surface area contributed by atoms with Crippen molar-refractivity contribution in [3.63, 3.8) is 0 Å². The van der Waals surface area contributed by atoms with E-state index in [0.29, 0.717) is 29.4 Å². The van der Waals surface area contributed by atoms with E-state index in [4.69, 9.17) is 17.3 Å². The highest BCUT2D eigenvalue weighted by Gasteiger charge is 2.06. The van der Waals surface area contributed by atoms with E-state index < -0.39 is 0 Å². The fraction of sp³-hybridized carbons (Fsp3) is 0.200. The van der Waals surface area contributed by atoms with Gasteiger partial charge in [0.2, 0.25) is 0 Å². The molecule has 0 heterocycles. The van der Waals surface area contributed by atoms with Gasteiger partial charge in [0, 0.05) is 29.4 Å². The summed E-state index contributed by atoms with van der Waals surface area (Å²) in [5.74, 6) is -0.181. The van der Waals surface area contributed by atoms with Crippen molar-refractivity contribution in [1.29, 1.82) is 0 Å². The Balaban J connectivity index is 2.05. The van der Waals surface area contributed by atoms with E-state index >= 15 is 0 Å². The summed E-state index contributed by atoms with van der Waals surface area (Å²) in [5, 5.41) is 0.620. The number of nitrogens with zero attached hydrogens (tertiary/aromatic N) is 1. The second-order valence-corrected chi connectivity index (χ2v) is 5.09. The number of hydrogen-bond acceptors (Lipinski definition) is 2. The van der Waals surface area contributed by atoms with Crippen LogP contribution in [0.25, 0.3) is 0 Å². The maximum absolute atomic E-state index is 13.5. The Bertz CT molecular complexity index is 552. The molecular formula is C15H16ClFN2. The van der Waals surface area contributed by atoms with Gasteiger partial charge in [-0.1, -0.05) is 29.8 Å². The Labute approximate surface area is 117 Å². The lowest BCUT2D eigenvalue weighted by atomic mass is 10.1. The van der Waals surface area contributed by atoms with Crippen molar-refractivity contribution in [1.82, 2.24) is 4.90 Å². The summed E-state index contributed by atoms with van der Waals surface area (Å²) in [4.78, 5) is 2.02. The number of rotatable bonds is 4. The average Bonchev–Trinajstić information content (AvgIpc) is 2.30. The van der Waals surface area contributed by atoms with Crippen molar-refractivity contribution >= 4 is 17.3 Å². The molecule has 0 saturated carbocycles. The third kappa shape index (κ3) is 3.94. The van der Waals surface area contributed by atoms with Gasteiger partial charge in [0.25, 0.3) is 0 Å². The van der Waals surface area contributed by atoms with Crippen molar-refractivity contribution in [2.24, 2.45) is 0 Å². The topological polar surface area (TPSA) is 29.3 Å². The molecular weight excluding hydrogens is 263 g/mol. The van der Waals surface area contributed by atoms with Gasteiger partial charge in [-0.3, -0.25) is 4.90 Å². The van der Waals surface area contributed by atoms with E-state index in [9.17, 15) is 4.39 Å². The van der Waals surface area contributed by atoms with E-state index in [2.05, 4.69) is 0 Å². The first-order valence-corrected chi connectivity index (χ1v) is 6.39. The van der Waals surface area contributed by atoms with Crippen molar-refractivity contribution in [2.75, 3.05) is 12.8 Å². The average molecular weight is 279 g/mol. The monoisotopic (exact) mass is 278 g/mol. The summed E-state index contributed by atoms with van der Waals surface area (Å²) < 4.78 is 13.5. The molecule has 0 aliphatic heterocycles. The van der Waals surface area contributed by atoms with Gasteiger partial charge in [-0.2, -0.15) is 0 Å². The van der Waals surface area contributed by atoms with Crippen molar-refractivity contribution in [3.8, 4) is 0 Å². The highest BCUT2D eigenvalue weighted by atomic mass is 35.5. The molecule has 2 aromatic rings. The molecule has 0 spiro atoms. The molecule has 100 valence electrons. The quantitative estimate of drug-likeness (QED) is 0.864. The molecule has 0 radical (unpaired) electrons. The Kier molecular flexibility index (Phi) is 4.40. The van der Waals surface area contributed by atoms with Crippen LogP contribution in [-0.4, -0.2) is 11.9 Å². The minimum absolute atomic E-state index is 0.181. The van der Waals surface area contributed by atoms with E-state index in [1.54, 1.807) is 18.2 Å². The summed E-state index contributed by atoms with van der Waals surface area (Å²) in [7, 11) is 1.93. The predicted molar refractivity (Wildman–Crippen MR) is 77.4 cm³/mol. The standard InChI is InChI=1S/C15H16ClFN2/c1-19(10-12-4-2-3-5-15(12)17)9-11-6-13(16)8-14(18)7-11/h2-8H,9-10,18H2,1H3. The third-order valence-corrected chi connectivity index (χ3v) is 3.05. The second-order valence-electron chi connectivity index (χ2n) is 4.66. The molecule has 0 fully saturated rings. The second kappa shape index (κ2) is 6.04. The largest absolute Gasteiger partial charge is 0.399 e. The molecule has 2 aromatic carbocycles. The molecule has 4 heteroatoms. The van der Waals surface area contributed by atoms with E-state index in [1.807, 2.05) is 30.1 Å². The highest BCUT2D eigenvalue weighted by Crippen LogP contribution is 2.18. The highest BCUT2D eigenvalue weighted by molar-refractivity contribution is 6.30. The Morgan fingerprint density at radius 3 is 2.58 bits per heavy atom. The van der Waals surface area contributed by atoms with Crippen LogP contribution in [0, 0.1) is 5.82 Å². The molecule has 0 aliphatic rings. The molecule has 0 amide bonds. The molecule has 2 nitrogen and oxygen atoms in total. The zero-order valence-corrected chi connectivity index (χ0v) is 11.5. The lowest BCUT2D eigenvalue weighted by Crippen LogP contribution is -2.18. The summed E-state index contributed by atoms with van der Waals surface area (Å²) in [6.45, 7) is 1.21. The van der Waals surface area contributed by atoms with Crippen LogP contribution in [0.3, 0.4) is 0 Å². The summed E-state index contributed by atoms with van der Waals surface area (Å²) in [5.41, 5.74) is 8.09. The molecule has 2 N–H and O–H groups in total. The molecule has 0 saturated heterocycles. The fourth-order valence-electron chi connectivity index (χ4n) is 2.05. The lowest BCUT2D eigenvalue weighted by Gasteiger charge is -2.17. The number of benzene rings is 2. The van der Waals surface area contributed by atoms with Crippen molar-refractivity contribution in [3.05, 3.63) is 64.4 Å². The molecule has 0 atom stereocenters. The molecule has 19 heavy (non-hydrogen) atoms. The number of halogens is 2. The smallest absolute Gasteiger partial charge is 0.127 e. The fourth-order valence-corrected chi connectivity index (χ4v) is 2.32. The SMILES string of the molecule is CN(Cc1cc(N)cc(Cl)c1)Cc1ccccc1F. The van der Waals surface area contributed by atoms with Gasteiger partial charge >= 0.3 is 0 Å². The third-order valence-electron chi connectivity index (χ3n) is 2.83. The molecule has 2 rings (SSSR count). The number of anilines is 1. The zero-order valence-electron chi connectivity index (χ0n) is 10.7. The van der Waals surface area contributed by atoms with Gasteiger partial charge in [0.05, 0.1) is 0 Å². The number of nitrogen functional groups attached to an aromatic ring is 1. The van der Waals surface area contributed by atoms with Crippen LogP contribution in [0.2, 0.25) is 5.02 Å². The van der Waals surface area contributed by atoms with Crippen LogP contribution < -0.4 is 5.73 Å². The molecule has 0 unspecified atom stereocenters. The zero-order chi connectivity index (χ0) is 13.8. The molecule has 0 aliphatic carbocycles. The van der Waals surface area contributed by atoms with Crippen LogP contribution in [0.15, 0.2) is 42.5 Å². The first kappa shape index (κ1) is 13.8. The van der Waals surface area contributed by atoms with E-state index in [-0.39, 0.29) is 5.82 Å². The summed E-state index contributed by atoms with van der Waals surface area (Å²) >= 11 is 5.96. The van der Waals surface area contributed by atoms with Gasteiger partial charge in [-0.15, -0.1) is 0 Å². The van der Waals surface area contributed by atoms with Gasteiger partial charge in [-0.05, 0) is 36.9 Å². The van der Waals surface area contributed by atoms with Crippen molar-refractivity contribution < 1.29 is 4.39 Å². The van der Waals surface area contributed by atoms with Gasteiger partial charge in [0.1, 0.15) is 5.82 Å². The Hall–Kier alpha value is -1.58. The Morgan fingerprint density at radius 2 is 1.89 bits per heavy atom. The van der Waals surface area contributed by atoms with Gasteiger partial charge in [0.15, 0.2) is 0 Å². The molecule has 0 bridgehead atoms. The van der Waals surface area contributed by atoms with Gasteiger partial charge in [-0.25, -0.2) is 4.39 Å². The first-order valence-electron chi connectivity index (χ1n) is 6.01. The molecule has 0 aromatic heterocycles. The predicted octanol–water partition coefficient (Wildman–Crippen LogP) is 3.69. The Morgan fingerprint density at radius 1 is 1.16 bits per heavy atom. The number of hydrogen-bond donors (Lipinski definition) is 1. The van der Waals surface area contributed by atoms with Crippen LogP contribution in [0.4, 0.5) is 10.1 Å². The van der Waals surface area contributed by atoms with Crippen LogP contribution in [0.5, 0.6) is 0 Å². The van der Waals surface area contributed by atoms with Crippen LogP contribution in [-0.2, 0) is 13.1 Å². The lowest BCUT2D eigenvalue weighted by molar-refractivity contribution is 0.313. The van der Waals surface area contributed by atoms with Gasteiger partial charge < -0.3 is 5.73 Å².